The topological polar surface area (TPSA) is 37.8 Å². The minimum Gasteiger partial charge on any atom is -0.317 e. The highest BCUT2D eigenvalue weighted by Gasteiger charge is 2.08. The molecular weight excluding hydrogens is 341 g/mol. The molecule has 0 unspecified atom stereocenters. The Bertz CT molecular complexity index is 559. The standard InChI is InChI=1S/C14H17BrFN3S/c1-2-7-17-8-3-4-13-18-19-14(20-13)10-5-6-11(15)12(16)9-10/h5-6,9,17H,2-4,7-8H2,1H3. The van der Waals surface area contributed by atoms with Gasteiger partial charge in [-0.3, -0.25) is 0 Å². The van der Waals surface area contributed by atoms with E-state index in [0.29, 0.717) is 4.47 Å². The number of nitrogens with zero attached hydrogens (tertiary/aromatic N) is 2. The van der Waals surface area contributed by atoms with Gasteiger partial charge in [-0.15, -0.1) is 10.2 Å². The van der Waals surface area contributed by atoms with Crippen molar-refractivity contribution in [2.24, 2.45) is 0 Å². The lowest BCUT2D eigenvalue weighted by Crippen LogP contribution is -2.16. The van der Waals surface area contributed by atoms with Gasteiger partial charge in [-0.1, -0.05) is 24.3 Å². The predicted molar refractivity (Wildman–Crippen MR) is 84.5 cm³/mol. The van der Waals surface area contributed by atoms with Crippen molar-refractivity contribution in [3.63, 3.8) is 0 Å². The fourth-order valence-corrected chi connectivity index (χ4v) is 2.89. The molecule has 108 valence electrons. The molecule has 0 amide bonds. The largest absolute Gasteiger partial charge is 0.317 e. The van der Waals surface area contributed by atoms with Crippen LogP contribution in [0, 0.1) is 5.82 Å². The molecule has 0 spiro atoms. The van der Waals surface area contributed by atoms with Crippen LogP contribution in [0.2, 0.25) is 0 Å². The van der Waals surface area contributed by atoms with E-state index >= 15 is 0 Å². The normalized spacial score (nSPS) is 10.9. The smallest absolute Gasteiger partial charge is 0.147 e. The second-order valence-corrected chi connectivity index (χ2v) is 6.40. The molecule has 2 aromatic rings. The van der Waals surface area contributed by atoms with Gasteiger partial charge in [-0.2, -0.15) is 0 Å². The molecule has 20 heavy (non-hydrogen) atoms. The molecule has 0 saturated heterocycles. The van der Waals surface area contributed by atoms with Crippen LogP contribution in [0.1, 0.15) is 24.8 Å². The third kappa shape index (κ3) is 4.33. The van der Waals surface area contributed by atoms with Crippen LogP contribution in [0.4, 0.5) is 4.39 Å². The maximum absolute atomic E-state index is 13.5. The van der Waals surface area contributed by atoms with E-state index in [9.17, 15) is 4.39 Å². The van der Waals surface area contributed by atoms with Gasteiger partial charge in [-0.05, 0) is 54.0 Å². The number of aromatic nitrogens is 2. The summed E-state index contributed by atoms with van der Waals surface area (Å²) in [5, 5.41) is 13.4. The van der Waals surface area contributed by atoms with Crippen LogP contribution in [-0.2, 0) is 6.42 Å². The van der Waals surface area contributed by atoms with Crippen LogP contribution in [-0.4, -0.2) is 23.3 Å². The molecule has 3 nitrogen and oxygen atoms in total. The van der Waals surface area contributed by atoms with Crippen LogP contribution in [0.15, 0.2) is 22.7 Å². The van der Waals surface area contributed by atoms with Gasteiger partial charge in [0.15, 0.2) is 0 Å². The molecule has 0 aliphatic heterocycles. The van der Waals surface area contributed by atoms with E-state index in [2.05, 4.69) is 38.4 Å². The zero-order valence-corrected chi connectivity index (χ0v) is 13.7. The van der Waals surface area contributed by atoms with Gasteiger partial charge in [0, 0.05) is 12.0 Å². The summed E-state index contributed by atoms with van der Waals surface area (Å²) in [5.41, 5.74) is 0.776. The molecule has 1 N–H and O–H groups in total. The van der Waals surface area contributed by atoms with Crippen LogP contribution >= 0.6 is 27.3 Å². The van der Waals surface area contributed by atoms with Gasteiger partial charge in [-0.25, -0.2) is 4.39 Å². The Balaban J connectivity index is 1.93. The van der Waals surface area contributed by atoms with Crippen LogP contribution < -0.4 is 5.32 Å². The molecular formula is C14H17BrFN3S. The number of aryl methyl sites for hydroxylation is 1. The number of benzene rings is 1. The van der Waals surface area contributed by atoms with E-state index in [1.54, 1.807) is 6.07 Å². The highest BCUT2D eigenvalue weighted by molar-refractivity contribution is 9.10. The predicted octanol–water partition coefficient (Wildman–Crippen LogP) is 4.04. The third-order valence-corrected chi connectivity index (χ3v) is 4.48. The SMILES string of the molecule is CCCNCCCc1nnc(-c2ccc(Br)c(F)c2)s1. The van der Waals surface area contributed by atoms with Gasteiger partial charge < -0.3 is 5.32 Å². The zero-order valence-electron chi connectivity index (χ0n) is 11.3. The fourth-order valence-electron chi connectivity index (χ4n) is 1.77. The molecule has 1 heterocycles. The van der Waals surface area contributed by atoms with Crippen LogP contribution in [0.25, 0.3) is 10.6 Å². The average Bonchev–Trinajstić information content (AvgIpc) is 2.90. The molecule has 2 rings (SSSR count). The van der Waals surface area contributed by atoms with E-state index in [1.807, 2.05) is 6.07 Å². The molecule has 0 atom stereocenters. The molecule has 6 heteroatoms. The lowest BCUT2D eigenvalue weighted by Gasteiger charge is -2.00. The summed E-state index contributed by atoms with van der Waals surface area (Å²) in [4.78, 5) is 0. The van der Waals surface area contributed by atoms with Gasteiger partial charge >= 0.3 is 0 Å². The number of hydrogen-bond donors (Lipinski definition) is 1. The van der Waals surface area contributed by atoms with E-state index in [0.717, 1.165) is 47.9 Å². The second kappa shape index (κ2) is 7.81. The maximum atomic E-state index is 13.5. The summed E-state index contributed by atoms with van der Waals surface area (Å²) in [6.07, 6.45) is 3.11. The second-order valence-electron chi connectivity index (χ2n) is 4.48. The Labute approximate surface area is 130 Å². The first-order valence-corrected chi connectivity index (χ1v) is 8.30. The first-order valence-electron chi connectivity index (χ1n) is 6.69. The monoisotopic (exact) mass is 357 g/mol. The Kier molecular flexibility index (Phi) is 6.06. The summed E-state index contributed by atoms with van der Waals surface area (Å²) in [6.45, 7) is 4.20. The van der Waals surface area contributed by atoms with Gasteiger partial charge in [0.25, 0.3) is 0 Å². The van der Waals surface area contributed by atoms with Crippen molar-refractivity contribution in [3.8, 4) is 10.6 Å². The zero-order chi connectivity index (χ0) is 14.4. The minimum absolute atomic E-state index is 0.275. The molecule has 0 radical (unpaired) electrons. The maximum Gasteiger partial charge on any atom is 0.147 e. The van der Waals surface area contributed by atoms with Crippen molar-refractivity contribution in [2.45, 2.75) is 26.2 Å². The Morgan fingerprint density at radius 1 is 1.30 bits per heavy atom. The van der Waals surface area contributed by atoms with Crippen LogP contribution in [0.3, 0.4) is 0 Å². The third-order valence-electron chi connectivity index (χ3n) is 2.80. The molecule has 0 saturated carbocycles. The summed E-state index contributed by atoms with van der Waals surface area (Å²) in [5.74, 6) is -0.275. The van der Waals surface area contributed by atoms with Crippen molar-refractivity contribution in [3.05, 3.63) is 33.5 Å². The molecule has 0 bridgehead atoms. The van der Waals surface area contributed by atoms with Crippen LogP contribution in [0.5, 0.6) is 0 Å². The van der Waals surface area contributed by atoms with Crippen molar-refractivity contribution < 1.29 is 4.39 Å². The van der Waals surface area contributed by atoms with Gasteiger partial charge in [0.05, 0.1) is 4.47 Å². The van der Waals surface area contributed by atoms with Crippen molar-refractivity contribution >= 4 is 27.3 Å². The summed E-state index contributed by atoms with van der Waals surface area (Å²) in [7, 11) is 0. The van der Waals surface area contributed by atoms with Gasteiger partial charge in [0.2, 0.25) is 0 Å². The lowest BCUT2D eigenvalue weighted by atomic mass is 10.2. The number of nitrogens with one attached hydrogen (secondary N) is 1. The van der Waals surface area contributed by atoms with Crippen molar-refractivity contribution in [1.29, 1.82) is 0 Å². The van der Waals surface area contributed by atoms with E-state index in [4.69, 9.17) is 0 Å². The van der Waals surface area contributed by atoms with E-state index in [1.165, 1.54) is 17.4 Å². The molecule has 1 aromatic carbocycles. The first-order chi connectivity index (χ1) is 9.70. The highest BCUT2D eigenvalue weighted by atomic mass is 79.9. The van der Waals surface area contributed by atoms with Gasteiger partial charge in [0.1, 0.15) is 15.8 Å². The van der Waals surface area contributed by atoms with Crippen molar-refractivity contribution in [1.82, 2.24) is 15.5 Å². The van der Waals surface area contributed by atoms with Crippen molar-refractivity contribution in [2.75, 3.05) is 13.1 Å². The Hall–Kier alpha value is -0.850. The summed E-state index contributed by atoms with van der Waals surface area (Å²) >= 11 is 4.68. The summed E-state index contributed by atoms with van der Waals surface area (Å²) in [6, 6.07) is 5.03. The highest BCUT2D eigenvalue weighted by Crippen LogP contribution is 2.27. The summed E-state index contributed by atoms with van der Waals surface area (Å²) < 4.78 is 14.0. The quantitative estimate of drug-likeness (QED) is 0.759. The molecule has 0 fully saturated rings. The van der Waals surface area contributed by atoms with E-state index in [-0.39, 0.29) is 5.82 Å². The molecule has 0 aliphatic carbocycles. The molecule has 1 aromatic heterocycles. The minimum atomic E-state index is -0.275. The number of halogens is 2. The average molecular weight is 358 g/mol. The lowest BCUT2D eigenvalue weighted by molar-refractivity contribution is 0.621. The molecule has 0 aliphatic rings. The Morgan fingerprint density at radius 3 is 2.90 bits per heavy atom. The fraction of sp³-hybridized carbons (Fsp3) is 0.429. The van der Waals surface area contributed by atoms with E-state index < -0.39 is 0 Å². The Morgan fingerprint density at radius 2 is 2.15 bits per heavy atom. The number of hydrogen-bond acceptors (Lipinski definition) is 4. The first kappa shape index (κ1) is 15.5. The number of rotatable bonds is 7.